The highest BCUT2D eigenvalue weighted by atomic mass is 79.9. The quantitative estimate of drug-likeness (QED) is 0.645. The van der Waals surface area contributed by atoms with E-state index in [4.69, 9.17) is 9.47 Å². The second kappa shape index (κ2) is 8.83. The van der Waals surface area contributed by atoms with E-state index in [-0.39, 0.29) is 12.5 Å². The van der Waals surface area contributed by atoms with Crippen LogP contribution in [0.3, 0.4) is 0 Å². The van der Waals surface area contributed by atoms with Crippen molar-refractivity contribution in [2.45, 2.75) is 6.92 Å². The molecule has 6 nitrogen and oxygen atoms in total. The van der Waals surface area contributed by atoms with Crippen LogP contribution in [0.5, 0.6) is 11.5 Å². The number of likely N-dealkylation sites (N-methyl/N-ethyl adjacent to an activating group) is 1. The molecule has 0 saturated heterocycles. The summed E-state index contributed by atoms with van der Waals surface area (Å²) in [7, 11) is 4.84. The van der Waals surface area contributed by atoms with Gasteiger partial charge in [0.2, 0.25) is 0 Å². The Labute approximate surface area is 164 Å². The molecule has 2 aromatic rings. The number of hydrogen-bond donors (Lipinski definition) is 0. The van der Waals surface area contributed by atoms with Crippen LogP contribution in [0, 0.1) is 18.3 Å². The predicted octanol–water partition coefficient (Wildman–Crippen LogP) is 3.75. The number of carbonyl (C=O) groups excluding carboxylic acids is 1. The molecular formula is C18H18BrN3O3S. The van der Waals surface area contributed by atoms with Crippen LogP contribution < -0.4 is 9.47 Å². The lowest BCUT2D eigenvalue weighted by Gasteiger charge is -2.15. The van der Waals surface area contributed by atoms with Crippen molar-refractivity contribution in [1.82, 2.24) is 9.88 Å². The smallest absolute Gasteiger partial charge is 0.259 e. The predicted molar refractivity (Wildman–Crippen MR) is 105 cm³/mol. The summed E-state index contributed by atoms with van der Waals surface area (Å²) >= 11 is 4.86. The Morgan fingerprint density at radius 2 is 2.19 bits per heavy atom. The SMILES string of the molecule is COc1cc(C=C(C#N)c2nc(C)cs2)cc(Br)c1OCC(=O)N(C)C. The second-order valence-electron chi connectivity index (χ2n) is 5.57. The number of benzene rings is 1. The first-order chi connectivity index (χ1) is 12.3. The molecular weight excluding hydrogens is 418 g/mol. The molecule has 1 aromatic heterocycles. The third-order valence-electron chi connectivity index (χ3n) is 3.37. The first-order valence-corrected chi connectivity index (χ1v) is 9.27. The molecule has 0 fully saturated rings. The summed E-state index contributed by atoms with van der Waals surface area (Å²) in [4.78, 5) is 17.5. The van der Waals surface area contributed by atoms with Crippen molar-refractivity contribution in [2.75, 3.05) is 27.8 Å². The van der Waals surface area contributed by atoms with E-state index in [0.717, 1.165) is 11.3 Å². The van der Waals surface area contributed by atoms with E-state index >= 15 is 0 Å². The van der Waals surface area contributed by atoms with Crippen molar-refractivity contribution >= 4 is 44.8 Å². The minimum absolute atomic E-state index is 0.0982. The Kier molecular flexibility index (Phi) is 6.77. The zero-order valence-corrected chi connectivity index (χ0v) is 17.3. The summed E-state index contributed by atoms with van der Waals surface area (Å²) in [5.41, 5.74) is 2.09. The summed E-state index contributed by atoms with van der Waals surface area (Å²) in [5, 5.41) is 12.0. The van der Waals surface area contributed by atoms with Crippen LogP contribution in [0.4, 0.5) is 0 Å². The first-order valence-electron chi connectivity index (χ1n) is 7.60. The van der Waals surface area contributed by atoms with Crippen molar-refractivity contribution in [2.24, 2.45) is 0 Å². The number of nitrogens with zero attached hydrogens (tertiary/aromatic N) is 3. The highest BCUT2D eigenvalue weighted by Gasteiger charge is 2.15. The van der Waals surface area contributed by atoms with Gasteiger partial charge in [-0.25, -0.2) is 4.98 Å². The molecule has 0 aliphatic rings. The number of hydrogen-bond acceptors (Lipinski definition) is 6. The molecule has 0 aliphatic heterocycles. The fraction of sp³-hybridized carbons (Fsp3) is 0.278. The van der Waals surface area contributed by atoms with Crippen LogP contribution in [-0.2, 0) is 4.79 Å². The van der Waals surface area contributed by atoms with Crippen LogP contribution in [0.1, 0.15) is 16.3 Å². The Hall–Kier alpha value is -2.37. The highest BCUT2D eigenvalue weighted by Crippen LogP contribution is 2.37. The Bertz CT molecular complexity index is 884. The monoisotopic (exact) mass is 435 g/mol. The molecule has 0 N–H and O–H groups in total. The molecule has 0 unspecified atom stereocenters. The molecule has 1 heterocycles. The van der Waals surface area contributed by atoms with E-state index in [1.165, 1.54) is 23.3 Å². The van der Waals surface area contributed by atoms with Gasteiger partial charge in [-0.3, -0.25) is 4.79 Å². The van der Waals surface area contributed by atoms with Crippen molar-refractivity contribution in [1.29, 1.82) is 5.26 Å². The lowest BCUT2D eigenvalue weighted by molar-refractivity contribution is -0.130. The Morgan fingerprint density at radius 1 is 1.46 bits per heavy atom. The van der Waals surface area contributed by atoms with Gasteiger partial charge in [-0.1, -0.05) is 0 Å². The third-order valence-corrected chi connectivity index (χ3v) is 4.95. The number of amides is 1. The largest absolute Gasteiger partial charge is 0.493 e. The van der Waals surface area contributed by atoms with Gasteiger partial charge in [0, 0.05) is 25.2 Å². The van der Waals surface area contributed by atoms with Gasteiger partial charge in [0.25, 0.3) is 5.91 Å². The molecule has 136 valence electrons. The number of allylic oxidation sites excluding steroid dienone is 1. The normalized spacial score (nSPS) is 11.0. The number of ether oxygens (including phenoxy) is 2. The first kappa shape index (κ1) is 19.9. The summed E-state index contributed by atoms with van der Waals surface area (Å²) in [5.74, 6) is 0.738. The van der Waals surface area contributed by atoms with Gasteiger partial charge in [-0.2, -0.15) is 5.26 Å². The molecule has 0 saturated carbocycles. The lowest BCUT2D eigenvalue weighted by Crippen LogP contribution is -2.27. The maximum atomic E-state index is 11.7. The fourth-order valence-corrected chi connectivity index (χ4v) is 3.35. The van der Waals surface area contributed by atoms with E-state index in [1.54, 1.807) is 32.3 Å². The average Bonchev–Trinajstić information content (AvgIpc) is 3.03. The van der Waals surface area contributed by atoms with Gasteiger partial charge in [0.05, 0.1) is 17.2 Å². The van der Waals surface area contributed by atoms with Crippen LogP contribution in [0.15, 0.2) is 22.0 Å². The van der Waals surface area contributed by atoms with Gasteiger partial charge < -0.3 is 14.4 Å². The van der Waals surface area contributed by atoms with E-state index in [1.807, 2.05) is 12.3 Å². The molecule has 1 aromatic carbocycles. The van der Waals surface area contributed by atoms with Gasteiger partial charge in [-0.15, -0.1) is 11.3 Å². The van der Waals surface area contributed by atoms with Crippen LogP contribution in [0.25, 0.3) is 11.6 Å². The number of halogens is 1. The Morgan fingerprint density at radius 3 is 2.73 bits per heavy atom. The minimum Gasteiger partial charge on any atom is -0.493 e. The van der Waals surface area contributed by atoms with Gasteiger partial charge in [0.1, 0.15) is 11.1 Å². The minimum atomic E-state index is -0.158. The maximum Gasteiger partial charge on any atom is 0.259 e. The van der Waals surface area contributed by atoms with Crippen molar-refractivity contribution in [3.8, 4) is 17.6 Å². The standard InChI is InChI=1S/C18H18BrN3O3S/c1-11-10-26-18(21-11)13(8-20)5-12-6-14(19)17(15(7-12)24-4)25-9-16(23)22(2)3/h5-7,10H,9H2,1-4H3. The summed E-state index contributed by atoms with van der Waals surface area (Å²) in [6.45, 7) is 1.79. The molecule has 0 radical (unpaired) electrons. The van der Waals surface area contributed by atoms with Gasteiger partial charge in [0.15, 0.2) is 18.1 Å². The molecule has 1 amide bonds. The zero-order valence-electron chi connectivity index (χ0n) is 14.9. The van der Waals surface area contributed by atoms with Crippen molar-refractivity contribution < 1.29 is 14.3 Å². The van der Waals surface area contributed by atoms with E-state index in [2.05, 4.69) is 27.0 Å². The zero-order chi connectivity index (χ0) is 19.3. The lowest BCUT2D eigenvalue weighted by atomic mass is 10.1. The van der Waals surface area contributed by atoms with Gasteiger partial charge in [-0.05, 0) is 46.6 Å². The maximum absolute atomic E-state index is 11.7. The number of nitriles is 1. The highest BCUT2D eigenvalue weighted by molar-refractivity contribution is 9.10. The molecule has 2 rings (SSSR count). The van der Waals surface area contributed by atoms with E-state index in [9.17, 15) is 10.1 Å². The summed E-state index contributed by atoms with van der Waals surface area (Å²) in [6, 6.07) is 5.73. The van der Waals surface area contributed by atoms with Crippen LogP contribution in [0.2, 0.25) is 0 Å². The Balaban J connectivity index is 2.34. The van der Waals surface area contributed by atoms with E-state index in [0.29, 0.717) is 26.6 Å². The van der Waals surface area contributed by atoms with Gasteiger partial charge >= 0.3 is 0 Å². The summed E-state index contributed by atoms with van der Waals surface area (Å²) in [6.07, 6.45) is 1.74. The molecule has 0 atom stereocenters. The van der Waals surface area contributed by atoms with Crippen LogP contribution in [-0.4, -0.2) is 43.6 Å². The number of methoxy groups -OCH3 is 1. The molecule has 26 heavy (non-hydrogen) atoms. The number of aryl methyl sites for hydroxylation is 1. The number of thiazole rings is 1. The number of rotatable bonds is 6. The average molecular weight is 436 g/mol. The second-order valence-corrected chi connectivity index (χ2v) is 7.29. The van der Waals surface area contributed by atoms with Crippen molar-refractivity contribution in [3.05, 3.63) is 38.3 Å². The number of carbonyl (C=O) groups is 1. The fourth-order valence-electron chi connectivity index (χ4n) is 2.01. The molecule has 0 aliphatic carbocycles. The van der Waals surface area contributed by atoms with E-state index < -0.39 is 0 Å². The number of aromatic nitrogens is 1. The summed E-state index contributed by atoms with van der Waals surface area (Å²) < 4.78 is 11.6. The molecule has 0 bridgehead atoms. The van der Waals surface area contributed by atoms with Crippen molar-refractivity contribution in [3.63, 3.8) is 0 Å². The third kappa shape index (κ3) is 4.84. The topological polar surface area (TPSA) is 75.5 Å². The molecule has 8 heteroatoms. The van der Waals surface area contributed by atoms with Crippen LogP contribution >= 0.6 is 27.3 Å². The molecule has 0 spiro atoms.